The molecule has 172 valence electrons. The highest BCUT2D eigenvalue weighted by molar-refractivity contribution is 5.75. The molecule has 2 nitrogen and oxygen atoms in total. The summed E-state index contributed by atoms with van der Waals surface area (Å²) in [5.74, 6) is -0.0936. The van der Waals surface area contributed by atoms with Crippen LogP contribution >= 0.6 is 0 Å². The van der Waals surface area contributed by atoms with Gasteiger partial charge in [-0.2, -0.15) is 0 Å². The van der Waals surface area contributed by atoms with Crippen LogP contribution in [0.3, 0.4) is 0 Å². The molecule has 5 aromatic carbocycles. The van der Waals surface area contributed by atoms with E-state index in [0.717, 1.165) is 22.4 Å². The Morgan fingerprint density at radius 3 is 0.833 bits per heavy atom. The van der Waals surface area contributed by atoms with Crippen molar-refractivity contribution in [3.05, 3.63) is 179 Å². The Morgan fingerprint density at radius 1 is 0.306 bits per heavy atom. The molecular formula is C34H26N2. The first-order chi connectivity index (χ1) is 17.9. The number of hydrogen-bond donors (Lipinski definition) is 0. The second-order valence-corrected chi connectivity index (χ2v) is 8.99. The molecule has 0 amide bonds. The fourth-order valence-electron chi connectivity index (χ4n) is 5.05. The van der Waals surface area contributed by atoms with Gasteiger partial charge in [-0.05, 0) is 34.4 Å². The number of fused-ring (bicyclic) bond motifs is 1. The van der Waals surface area contributed by atoms with Gasteiger partial charge in [-0.3, -0.25) is 0 Å². The molecule has 0 saturated heterocycles. The highest BCUT2D eigenvalue weighted by Crippen LogP contribution is 2.40. The predicted octanol–water partition coefficient (Wildman–Crippen LogP) is 7.99. The zero-order valence-corrected chi connectivity index (χ0v) is 19.9. The summed E-state index contributed by atoms with van der Waals surface area (Å²) >= 11 is 0. The molecule has 6 aromatic rings. The first-order valence-electron chi connectivity index (χ1n) is 12.3. The van der Waals surface area contributed by atoms with E-state index < -0.39 is 0 Å². The summed E-state index contributed by atoms with van der Waals surface area (Å²) in [5.41, 5.74) is 8.61. The normalized spacial score (nSPS) is 11.3. The van der Waals surface area contributed by atoms with E-state index in [0.29, 0.717) is 0 Å². The molecule has 0 N–H and O–H groups in total. The van der Waals surface area contributed by atoms with E-state index in [-0.39, 0.29) is 11.8 Å². The van der Waals surface area contributed by atoms with Gasteiger partial charge in [0.2, 0.25) is 0 Å². The summed E-state index contributed by atoms with van der Waals surface area (Å²) in [6.45, 7) is 0. The molecule has 0 radical (unpaired) electrons. The molecule has 2 heteroatoms. The highest BCUT2D eigenvalue weighted by atomic mass is 14.8. The first-order valence-corrected chi connectivity index (χ1v) is 12.3. The Balaban J connectivity index is 1.68. The van der Waals surface area contributed by atoms with E-state index in [2.05, 4.69) is 133 Å². The maximum Gasteiger partial charge on any atom is 0.0890 e. The minimum atomic E-state index is -0.0468. The molecule has 36 heavy (non-hydrogen) atoms. The van der Waals surface area contributed by atoms with Crippen LogP contribution in [-0.4, -0.2) is 9.97 Å². The quantitative estimate of drug-likeness (QED) is 0.251. The van der Waals surface area contributed by atoms with Gasteiger partial charge in [0.15, 0.2) is 0 Å². The predicted molar refractivity (Wildman–Crippen MR) is 147 cm³/mol. The van der Waals surface area contributed by atoms with Crippen LogP contribution < -0.4 is 0 Å². The molecule has 0 fully saturated rings. The lowest BCUT2D eigenvalue weighted by Crippen LogP contribution is -2.16. The smallest absolute Gasteiger partial charge is 0.0890 e. The Morgan fingerprint density at radius 2 is 0.556 bits per heavy atom. The van der Waals surface area contributed by atoms with Crippen LogP contribution in [0.15, 0.2) is 146 Å². The number of rotatable bonds is 6. The van der Waals surface area contributed by atoms with Crippen LogP contribution in [0.5, 0.6) is 0 Å². The van der Waals surface area contributed by atoms with Gasteiger partial charge in [-0.25, -0.2) is 9.97 Å². The van der Waals surface area contributed by atoms with Crippen molar-refractivity contribution in [3.8, 4) is 0 Å². The van der Waals surface area contributed by atoms with Crippen LogP contribution in [0, 0.1) is 0 Å². The lowest BCUT2D eigenvalue weighted by atomic mass is 9.81. The van der Waals surface area contributed by atoms with Crippen molar-refractivity contribution in [1.82, 2.24) is 9.97 Å². The van der Waals surface area contributed by atoms with Crippen molar-refractivity contribution >= 4 is 11.0 Å². The van der Waals surface area contributed by atoms with Crippen molar-refractivity contribution in [3.63, 3.8) is 0 Å². The van der Waals surface area contributed by atoms with Crippen molar-refractivity contribution in [2.24, 2.45) is 0 Å². The van der Waals surface area contributed by atoms with E-state index in [1.54, 1.807) is 0 Å². The molecule has 0 spiro atoms. The molecule has 1 heterocycles. The van der Waals surface area contributed by atoms with Crippen LogP contribution in [0.2, 0.25) is 0 Å². The van der Waals surface area contributed by atoms with Crippen LogP contribution in [0.4, 0.5) is 0 Å². The Kier molecular flexibility index (Phi) is 6.08. The van der Waals surface area contributed by atoms with Crippen LogP contribution in [0.25, 0.3) is 11.0 Å². The average molecular weight is 463 g/mol. The lowest BCUT2D eigenvalue weighted by molar-refractivity contribution is 0.826. The van der Waals surface area contributed by atoms with Gasteiger partial charge in [-0.15, -0.1) is 0 Å². The van der Waals surface area contributed by atoms with Gasteiger partial charge in [0, 0.05) is 0 Å². The standard InChI is InChI=1S/C34H26N2/c1-5-15-25(16-6-1)31(26-17-7-2-8-18-26)33-34(36-30-24-14-13-23-29(30)35-33)32(27-19-9-3-10-20-27)28-21-11-4-12-22-28/h1-24,31-32H. The third kappa shape index (κ3) is 4.30. The zero-order valence-electron chi connectivity index (χ0n) is 19.9. The summed E-state index contributed by atoms with van der Waals surface area (Å²) in [6.07, 6.45) is 0. The minimum Gasteiger partial charge on any atom is -0.248 e. The summed E-state index contributed by atoms with van der Waals surface area (Å²) in [6, 6.07) is 50.8. The van der Waals surface area contributed by atoms with Gasteiger partial charge < -0.3 is 0 Å². The maximum absolute atomic E-state index is 5.34. The van der Waals surface area contributed by atoms with Crippen molar-refractivity contribution < 1.29 is 0 Å². The van der Waals surface area contributed by atoms with E-state index in [1.165, 1.54) is 22.3 Å². The van der Waals surface area contributed by atoms with Crippen LogP contribution in [0.1, 0.15) is 45.5 Å². The number of para-hydroxylation sites is 2. The van der Waals surface area contributed by atoms with Gasteiger partial charge in [0.1, 0.15) is 0 Å². The molecule has 0 bridgehead atoms. The van der Waals surface area contributed by atoms with E-state index in [9.17, 15) is 0 Å². The molecule has 0 saturated carbocycles. The molecule has 0 aliphatic rings. The number of hydrogen-bond acceptors (Lipinski definition) is 2. The maximum atomic E-state index is 5.34. The van der Waals surface area contributed by atoms with Crippen LogP contribution in [-0.2, 0) is 0 Å². The molecular weight excluding hydrogens is 436 g/mol. The summed E-state index contributed by atoms with van der Waals surface area (Å²) in [7, 11) is 0. The third-order valence-electron chi connectivity index (χ3n) is 6.70. The minimum absolute atomic E-state index is 0.0468. The Labute approximate surface area is 212 Å². The van der Waals surface area contributed by atoms with E-state index in [4.69, 9.17) is 9.97 Å². The van der Waals surface area contributed by atoms with E-state index in [1.807, 2.05) is 12.1 Å². The molecule has 0 unspecified atom stereocenters. The second-order valence-electron chi connectivity index (χ2n) is 8.99. The molecule has 0 atom stereocenters. The number of benzene rings is 5. The Hall–Kier alpha value is -4.56. The lowest BCUT2D eigenvalue weighted by Gasteiger charge is -2.26. The summed E-state index contributed by atoms with van der Waals surface area (Å²) < 4.78 is 0. The monoisotopic (exact) mass is 462 g/mol. The first kappa shape index (κ1) is 21.9. The van der Waals surface area contributed by atoms with Crippen molar-refractivity contribution in [1.29, 1.82) is 0 Å². The topological polar surface area (TPSA) is 25.8 Å². The fourth-order valence-corrected chi connectivity index (χ4v) is 5.05. The largest absolute Gasteiger partial charge is 0.248 e. The van der Waals surface area contributed by atoms with Gasteiger partial charge in [0.25, 0.3) is 0 Å². The van der Waals surface area contributed by atoms with Gasteiger partial charge in [-0.1, -0.05) is 133 Å². The zero-order chi connectivity index (χ0) is 24.2. The van der Waals surface area contributed by atoms with Gasteiger partial charge >= 0.3 is 0 Å². The SMILES string of the molecule is c1ccc(C(c2ccccc2)c2nc3ccccc3nc2C(c2ccccc2)c2ccccc2)cc1. The number of aromatic nitrogens is 2. The molecule has 0 aliphatic heterocycles. The second kappa shape index (κ2) is 9.97. The van der Waals surface area contributed by atoms with Gasteiger partial charge in [0.05, 0.1) is 34.3 Å². The number of nitrogens with zero attached hydrogens (tertiary/aromatic N) is 2. The molecule has 1 aromatic heterocycles. The molecule has 0 aliphatic carbocycles. The van der Waals surface area contributed by atoms with Crippen molar-refractivity contribution in [2.45, 2.75) is 11.8 Å². The highest BCUT2D eigenvalue weighted by Gasteiger charge is 2.29. The third-order valence-corrected chi connectivity index (χ3v) is 6.70. The summed E-state index contributed by atoms with van der Waals surface area (Å²) in [4.78, 5) is 10.7. The molecule has 6 rings (SSSR count). The van der Waals surface area contributed by atoms with Crippen molar-refractivity contribution in [2.75, 3.05) is 0 Å². The fraction of sp³-hybridized carbons (Fsp3) is 0.0588. The average Bonchev–Trinajstić information content (AvgIpc) is 2.96. The Bertz CT molecular complexity index is 1360. The summed E-state index contributed by atoms with van der Waals surface area (Å²) in [5, 5.41) is 0. The van der Waals surface area contributed by atoms with E-state index >= 15 is 0 Å².